The predicted molar refractivity (Wildman–Crippen MR) is 107 cm³/mol. The molecule has 1 amide bonds. The average molecular weight is 412 g/mol. The van der Waals surface area contributed by atoms with E-state index in [1.807, 2.05) is 6.92 Å². The summed E-state index contributed by atoms with van der Waals surface area (Å²) in [6.45, 7) is 4.07. The van der Waals surface area contributed by atoms with Crippen molar-refractivity contribution in [2.24, 2.45) is 0 Å². The van der Waals surface area contributed by atoms with Gasteiger partial charge in [-0.2, -0.15) is 0 Å². The molecule has 9 heteroatoms. The number of aromatic nitrogens is 4. The first kappa shape index (κ1) is 20.2. The molecule has 0 bridgehead atoms. The van der Waals surface area contributed by atoms with Crippen molar-refractivity contribution in [3.05, 3.63) is 64.6 Å². The van der Waals surface area contributed by atoms with Gasteiger partial charge in [0.25, 0.3) is 5.91 Å². The largest absolute Gasteiger partial charge is 0.361 e. The number of hydrogen-bond acceptors (Lipinski definition) is 6. The Labute approximate surface area is 174 Å². The number of hydrogen-bond donors (Lipinski definition) is 1. The summed E-state index contributed by atoms with van der Waals surface area (Å²) in [5.74, 6) is 0.298. The van der Waals surface area contributed by atoms with Gasteiger partial charge < -0.3 is 14.7 Å². The molecule has 0 saturated carbocycles. The van der Waals surface area contributed by atoms with Crippen molar-refractivity contribution in [2.45, 2.75) is 38.8 Å². The van der Waals surface area contributed by atoms with E-state index >= 15 is 0 Å². The first-order valence-electron chi connectivity index (χ1n) is 10.1. The van der Waals surface area contributed by atoms with Crippen LogP contribution >= 0.6 is 0 Å². The van der Waals surface area contributed by atoms with Gasteiger partial charge in [-0.3, -0.25) is 4.79 Å². The average Bonchev–Trinajstić information content (AvgIpc) is 3.35. The molecule has 0 unspecified atom stereocenters. The second kappa shape index (κ2) is 8.74. The van der Waals surface area contributed by atoms with Crippen LogP contribution in [0.1, 0.15) is 52.0 Å². The van der Waals surface area contributed by atoms with Gasteiger partial charge in [-0.15, -0.1) is 5.10 Å². The van der Waals surface area contributed by atoms with Crippen molar-refractivity contribution in [3.8, 4) is 0 Å². The second-order valence-corrected chi connectivity index (χ2v) is 7.69. The third kappa shape index (κ3) is 4.25. The maximum absolute atomic E-state index is 14.2. The number of nitrogens with zero attached hydrogens (tertiary/aromatic N) is 5. The van der Waals surface area contributed by atoms with E-state index in [1.54, 1.807) is 40.9 Å². The van der Waals surface area contributed by atoms with Crippen molar-refractivity contribution in [2.75, 3.05) is 20.1 Å². The van der Waals surface area contributed by atoms with Gasteiger partial charge in [0.05, 0.1) is 18.8 Å². The van der Waals surface area contributed by atoms with E-state index in [-0.39, 0.29) is 24.2 Å². The smallest absolute Gasteiger partial charge is 0.276 e. The molecule has 3 heterocycles. The first-order chi connectivity index (χ1) is 14.5. The fourth-order valence-corrected chi connectivity index (χ4v) is 3.86. The number of carbonyl (C=O) groups excluding carboxylic acids is 1. The molecule has 30 heavy (non-hydrogen) atoms. The first-order valence-corrected chi connectivity index (χ1v) is 10.1. The lowest BCUT2D eigenvalue weighted by Crippen LogP contribution is -2.31. The minimum absolute atomic E-state index is 0.134. The lowest BCUT2D eigenvalue weighted by molar-refractivity contribution is 0.0774. The van der Waals surface area contributed by atoms with Crippen LogP contribution in [0, 0.1) is 12.7 Å². The molecule has 0 atom stereocenters. The highest BCUT2D eigenvalue weighted by Gasteiger charge is 2.30. The summed E-state index contributed by atoms with van der Waals surface area (Å²) in [4.78, 5) is 14.8. The van der Waals surface area contributed by atoms with Crippen molar-refractivity contribution < 1.29 is 13.7 Å². The van der Waals surface area contributed by atoms with Crippen LogP contribution in [0.3, 0.4) is 0 Å². The molecule has 3 aromatic rings. The van der Waals surface area contributed by atoms with Gasteiger partial charge in [-0.25, -0.2) is 9.07 Å². The van der Waals surface area contributed by atoms with E-state index < -0.39 is 0 Å². The number of nitrogens with one attached hydrogen (secondary N) is 1. The summed E-state index contributed by atoms with van der Waals surface area (Å²) in [5, 5.41) is 15.8. The van der Waals surface area contributed by atoms with Crippen molar-refractivity contribution >= 4 is 5.91 Å². The molecule has 0 spiro atoms. The zero-order valence-electron chi connectivity index (χ0n) is 17.1. The van der Waals surface area contributed by atoms with Crippen LogP contribution in [0.15, 0.2) is 34.9 Å². The summed E-state index contributed by atoms with van der Waals surface area (Å²) < 4.78 is 21.0. The van der Waals surface area contributed by atoms with Crippen LogP contribution in [-0.4, -0.2) is 51.1 Å². The van der Waals surface area contributed by atoms with Gasteiger partial charge in [0.2, 0.25) is 0 Å². The van der Waals surface area contributed by atoms with Crippen molar-refractivity contribution in [3.63, 3.8) is 0 Å². The quantitative estimate of drug-likeness (QED) is 0.669. The zero-order valence-corrected chi connectivity index (χ0v) is 17.1. The zero-order chi connectivity index (χ0) is 21.1. The van der Waals surface area contributed by atoms with Gasteiger partial charge in [-0.05, 0) is 38.9 Å². The minimum Gasteiger partial charge on any atom is -0.361 e. The molecule has 1 N–H and O–H groups in total. The molecule has 0 aliphatic carbocycles. The highest BCUT2D eigenvalue weighted by Crippen LogP contribution is 2.28. The topological polar surface area (TPSA) is 89.1 Å². The van der Waals surface area contributed by atoms with Gasteiger partial charge in [0.15, 0.2) is 5.69 Å². The lowest BCUT2D eigenvalue weighted by atomic mass is 9.92. The summed E-state index contributed by atoms with van der Waals surface area (Å²) in [5.41, 5.74) is 2.28. The number of piperidine rings is 1. The molecule has 0 radical (unpaired) electrons. The Kier molecular flexibility index (Phi) is 5.89. The van der Waals surface area contributed by atoms with Crippen LogP contribution in [-0.2, 0) is 13.1 Å². The van der Waals surface area contributed by atoms with Crippen molar-refractivity contribution in [1.82, 2.24) is 30.4 Å². The maximum atomic E-state index is 14.2. The molecular weight excluding hydrogens is 387 g/mol. The van der Waals surface area contributed by atoms with E-state index in [0.717, 1.165) is 31.6 Å². The van der Waals surface area contributed by atoms with Crippen LogP contribution in [0.25, 0.3) is 0 Å². The van der Waals surface area contributed by atoms with Gasteiger partial charge >= 0.3 is 0 Å². The third-order valence-corrected chi connectivity index (χ3v) is 5.40. The Morgan fingerprint density at radius 2 is 2.10 bits per heavy atom. The molecular formula is C21H25FN6O2. The Morgan fingerprint density at radius 3 is 2.80 bits per heavy atom. The lowest BCUT2D eigenvalue weighted by Gasteiger charge is -2.24. The fourth-order valence-electron chi connectivity index (χ4n) is 3.86. The molecule has 2 aromatic heterocycles. The van der Waals surface area contributed by atoms with Crippen LogP contribution in [0.2, 0.25) is 0 Å². The summed E-state index contributed by atoms with van der Waals surface area (Å²) in [6.07, 6.45) is 1.74. The molecule has 1 fully saturated rings. The molecule has 1 aromatic carbocycles. The highest BCUT2D eigenvalue weighted by atomic mass is 19.1. The van der Waals surface area contributed by atoms with Gasteiger partial charge in [0, 0.05) is 24.6 Å². The van der Waals surface area contributed by atoms with E-state index in [1.165, 1.54) is 6.07 Å². The number of rotatable bonds is 6. The summed E-state index contributed by atoms with van der Waals surface area (Å²) in [7, 11) is 1.70. The molecule has 158 valence electrons. The van der Waals surface area contributed by atoms with Gasteiger partial charge in [-0.1, -0.05) is 28.6 Å². The summed E-state index contributed by atoms with van der Waals surface area (Å²) in [6, 6.07) is 8.40. The predicted octanol–water partition coefficient (Wildman–Crippen LogP) is 2.50. The molecule has 8 nitrogen and oxygen atoms in total. The monoisotopic (exact) mass is 412 g/mol. The maximum Gasteiger partial charge on any atom is 0.276 e. The normalized spacial score (nSPS) is 14.8. The van der Waals surface area contributed by atoms with E-state index in [2.05, 4.69) is 20.8 Å². The van der Waals surface area contributed by atoms with Gasteiger partial charge in [0.1, 0.15) is 17.3 Å². The van der Waals surface area contributed by atoms with Crippen LogP contribution in [0.5, 0.6) is 0 Å². The number of halogens is 1. The van der Waals surface area contributed by atoms with Crippen LogP contribution < -0.4 is 5.32 Å². The SMILES string of the molecule is Cc1cc(CN(C)C(=O)c2nnn(Cc3ccccc3F)c2C2CCNCC2)no1. The Balaban J connectivity index is 1.63. The summed E-state index contributed by atoms with van der Waals surface area (Å²) >= 11 is 0. The third-order valence-electron chi connectivity index (χ3n) is 5.40. The number of aryl methyl sites for hydroxylation is 1. The second-order valence-electron chi connectivity index (χ2n) is 7.69. The van der Waals surface area contributed by atoms with Crippen LogP contribution in [0.4, 0.5) is 4.39 Å². The number of carbonyl (C=O) groups is 1. The Hall–Kier alpha value is -3.07. The number of amides is 1. The standard InChI is InChI=1S/C21H25FN6O2/c1-14-11-17(25-30-14)13-27(2)21(29)19-20(15-7-9-23-10-8-15)28(26-24-19)12-16-5-3-4-6-18(16)22/h3-6,11,15,23H,7-10,12-13H2,1-2H3. The molecule has 1 aliphatic rings. The number of benzene rings is 1. The minimum atomic E-state index is -0.296. The van der Waals surface area contributed by atoms with Crippen molar-refractivity contribution in [1.29, 1.82) is 0 Å². The Bertz CT molecular complexity index is 1020. The Morgan fingerprint density at radius 1 is 1.33 bits per heavy atom. The van der Waals surface area contributed by atoms with E-state index in [0.29, 0.717) is 29.3 Å². The van der Waals surface area contributed by atoms with E-state index in [9.17, 15) is 9.18 Å². The molecule has 1 saturated heterocycles. The highest BCUT2D eigenvalue weighted by molar-refractivity contribution is 5.93. The van der Waals surface area contributed by atoms with E-state index in [4.69, 9.17) is 4.52 Å². The fraction of sp³-hybridized carbons (Fsp3) is 0.429. The molecule has 4 rings (SSSR count). The molecule has 1 aliphatic heterocycles.